The fourth-order valence-corrected chi connectivity index (χ4v) is 1.72. The number of rotatable bonds is 6. The average molecular weight is 337 g/mol. The predicted octanol–water partition coefficient (Wildman–Crippen LogP) is 0.740. The van der Waals surface area contributed by atoms with Crippen LogP contribution in [0.15, 0.2) is 34.6 Å². The molecule has 1 rings (SSSR count). The molecule has 0 radical (unpaired) electrons. The number of thiocarbonyl (C=S) groups is 2. The van der Waals surface area contributed by atoms with Gasteiger partial charge in [-0.3, -0.25) is 15.8 Å². The van der Waals surface area contributed by atoms with E-state index in [-0.39, 0.29) is 0 Å². The highest BCUT2D eigenvalue weighted by Gasteiger charge is 2.02. The van der Waals surface area contributed by atoms with Gasteiger partial charge in [0.05, 0.1) is 11.9 Å². The summed E-state index contributed by atoms with van der Waals surface area (Å²) in [5.41, 5.74) is 6.63. The van der Waals surface area contributed by atoms with Crippen LogP contribution in [-0.4, -0.2) is 40.2 Å². The minimum atomic E-state index is 0.431. The molecule has 7 nitrogen and oxygen atoms in total. The first-order chi connectivity index (χ1) is 10.7. The largest absolute Gasteiger partial charge is 0.362 e. The van der Waals surface area contributed by atoms with Crippen molar-refractivity contribution in [3.05, 3.63) is 30.1 Å². The number of hydrazone groups is 2. The highest BCUT2D eigenvalue weighted by Crippen LogP contribution is 1.94. The summed E-state index contributed by atoms with van der Waals surface area (Å²) in [5, 5.41) is 15.0. The molecule has 1 heterocycles. The van der Waals surface area contributed by atoms with Crippen molar-refractivity contribution in [1.29, 1.82) is 0 Å². The molecule has 118 valence electrons. The molecule has 0 amide bonds. The second kappa shape index (κ2) is 10.6. The fraction of sp³-hybridized carbons (Fsp3) is 0.308. The van der Waals surface area contributed by atoms with E-state index in [0.29, 0.717) is 28.2 Å². The topological polar surface area (TPSA) is 85.7 Å². The maximum absolute atomic E-state index is 5.07. The Labute approximate surface area is 140 Å². The van der Waals surface area contributed by atoms with Gasteiger partial charge in [-0.1, -0.05) is 6.07 Å². The molecule has 0 aliphatic carbocycles. The van der Waals surface area contributed by atoms with Crippen LogP contribution in [0.1, 0.15) is 19.5 Å². The molecular formula is C13H19N7S2. The minimum absolute atomic E-state index is 0.431. The quantitative estimate of drug-likeness (QED) is 0.346. The normalized spacial score (nSPS) is 11.1. The first kappa shape index (κ1) is 17.9. The van der Waals surface area contributed by atoms with Gasteiger partial charge >= 0.3 is 0 Å². The molecule has 0 unspecified atom stereocenters. The van der Waals surface area contributed by atoms with E-state index in [9.17, 15) is 0 Å². The molecule has 0 aliphatic heterocycles. The number of hydrogen-bond acceptors (Lipinski definition) is 5. The van der Waals surface area contributed by atoms with Gasteiger partial charge in [0.1, 0.15) is 5.71 Å². The van der Waals surface area contributed by atoms with Gasteiger partial charge in [0.15, 0.2) is 10.2 Å². The number of pyridine rings is 1. The second-order valence-electron chi connectivity index (χ2n) is 3.91. The first-order valence-electron chi connectivity index (χ1n) is 6.77. The lowest BCUT2D eigenvalue weighted by atomic mass is 10.2. The van der Waals surface area contributed by atoms with Gasteiger partial charge < -0.3 is 10.6 Å². The Morgan fingerprint density at radius 1 is 1.14 bits per heavy atom. The highest BCUT2D eigenvalue weighted by atomic mass is 32.1. The molecule has 9 heteroatoms. The third-order valence-corrected chi connectivity index (χ3v) is 2.70. The summed E-state index contributed by atoms with van der Waals surface area (Å²) in [4.78, 5) is 4.24. The van der Waals surface area contributed by atoms with Gasteiger partial charge in [0, 0.05) is 19.3 Å². The summed E-state index contributed by atoms with van der Waals surface area (Å²) in [7, 11) is 0. The van der Waals surface area contributed by atoms with Gasteiger partial charge in [-0.05, 0) is 50.4 Å². The van der Waals surface area contributed by atoms with E-state index in [4.69, 9.17) is 24.4 Å². The van der Waals surface area contributed by atoms with E-state index < -0.39 is 0 Å². The lowest BCUT2D eigenvalue weighted by molar-refractivity contribution is 0.899. The van der Waals surface area contributed by atoms with E-state index in [1.54, 1.807) is 6.20 Å². The highest BCUT2D eigenvalue weighted by molar-refractivity contribution is 7.80. The Morgan fingerprint density at radius 3 is 2.41 bits per heavy atom. The van der Waals surface area contributed by atoms with Crippen LogP contribution in [0.5, 0.6) is 0 Å². The molecule has 0 aliphatic rings. The zero-order chi connectivity index (χ0) is 16.2. The summed E-state index contributed by atoms with van der Waals surface area (Å²) in [6.45, 7) is 5.34. The summed E-state index contributed by atoms with van der Waals surface area (Å²) in [5.74, 6) is 0. The van der Waals surface area contributed by atoms with Crippen LogP contribution in [0.3, 0.4) is 0 Å². The molecule has 0 saturated heterocycles. The zero-order valence-corrected chi connectivity index (χ0v) is 14.1. The van der Waals surface area contributed by atoms with Crippen molar-refractivity contribution >= 4 is 46.6 Å². The number of aromatic nitrogens is 1. The van der Waals surface area contributed by atoms with Crippen LogP contribution in [-0.2, 0) is 0 Å². The van der Waals surface area contributed by atoms with Crippen molar-refractivity contribution in [2.75, 3.05) is 13.1 Å². The van der Waals surface area contributed by atoms with E-state index in [1.807, 2.05) is 32.0 Å². The summed E-state index contributed by atoms with van der Waals surface area (Å²) in [6.07, 6.45) is 3.20. The summed E-state index contributed by atoms with van der Waals surface area (Å²) < 4.78 is 0. The number of nitrogens with one attached hydrogen (secondary N) is 4. The Bertz CT molecular complexity index is 543. The SMILES string of the molecule is CCNC(=S)N/N=C/C(=N/NC(=S)NCC)c1ccccn1. The van der Waals surface area contributed by atoms with Crippen LogP contribution in [0.25, 0.3) is 0 Å². The Kier molecular flexibility index (Phi) is 8.61. The van der Waals surface area contributed by atoms with Crippen molar-refractivity contribution in [3.63, 3.8) is 0 Å². The minimum Gasteiger partial charge on any atom is -0.362 e. The van der Waals surface area contributed by atoms with Gasteiger partial charge in [-0.25, -0.2) is 0 Å². The lowest BCUT2D eigenvalue weighted by Gasteiger charge is -2.06. The average Bonchev–Trinajstić information content (AvgIpc) is 2.52. The maximum Gasteiger partial charge on any atom is 0.186 e. The molecule has 0 saturated carbocycles. The van der Waals surface area contributed by atoms with Crippen molar-refractivity contribution in [2.24, 2.45) is 10.2 Å². The first-order valence-corrected chi connectivity index (χ1v) is 7.58. The molecular weight excluding hydrogens is 318 g/mol. The van der Waals surface area contributed by atoms with Crippen LogP contribution in [0.4, 0.5) is 0 Å². The predicted molar refractivity (Wildman–Crippen MR) is 98.1 cm³/mol. The molecule has 0 fully saturated rings. The van der Waals surface area contributed by atoms with Crippen LogP contribution >= 0.6 is 24.4 Å². The lowest BCUT2D eigenvalue weighted by Crippen LogP contribution is -2.33. The Morgan fingerprint density at radius 2 is 1.82 bits per heavy atom. The standard InChI is InChI=1S/C13H19N7S2/c1-3-14-12(21)19-17-9-11(10-7-5-6-8-16-10)18-20-13(22)15-4-2/h5-9H,3-4H2,1-2H3,(H2,14,19,21)(H2,15,20,22)/b17-9+,18-11-. The van der Waals surface area contributed by atoms with Crippen LogP contribution in [0, 0.1) is 0 Å². The molecule has 0 aromatic carbocycles. The van der Waals surface area contributed by atoms with Crippen molar-refractivity contribution < 1.29 is 0 Å². The molecule has 0 spiro atoms. The second-order valence-corrected chi connectivity index (χ2v) is 4.73. The molecule has 1 aromatic heterocycles. The number of hydrogen-bond donors (Lipinski definition) is 4. The van der Waals surface area contributed by atoms with Gasteiger partial charge in [-0.2, -0.15) is 10.2 Å². The van der Waals surface area contributed by atoms with Crippen molar-refractivity contribution in [2.45, 2.75) is 13.8 Å². The zero-order valence-electron chi connectivity index (χ0n) is 12.5. The van der Waals surface area contributed by atoms with Crippen molar-refractivity contribution in [3.8, 4) is 0 Å². The molecule has 4 N–H and O–H groups in total. The summed E-state index contributed by atoms with van der Waals surface area (Å²) >= 11 is 10.1. The molecule has 0 atom stereocenters. The Balaban J connectivity index is 2.79. The smallest absolute Gasteiger partial charge is 0.186 e. The van der Waals surface area contributed by atoms with Gasteiger partial charge in [-0.15, -0.1) is 0 Å². The third-order valence-electron chi connectivity index (χ3n) is 2.23. The third kappa shape index (κ3) is 7.04. The molecule has 22 heavy (non-hydrogen) atoms. The van der Waals surface area contributed by atoms with Crippen LogP contribution < -0.4 is 21.5 Å². The maximum atomic E-state index is 5.07. The van der Waals surface area contributed by atoms with E-state index in [2.05, 4.69) is 36.7 Å². The van der Waals surface area contributed by atoms with Gasteiger partial charge in [0.2, 0.25) is 0 Å². The molecule has 0 bridgehead atoms. The Hall–Kier alpha value is -2.13. The van der Waals surface area contributed by atoms with Crippen molar-refractivity contribution in [1.82, 2.24) is 26.5 Å². The monoisotopic (exact) mass is 337 g/mol. The fourth-order valence-electron chi connectivity index (χ4n) is 1.33. The number of nitrogens with zero attached hydrogens (tertiary/aromatic N) is 3. The van der Waals surface area contributed by atoms with Gasteiger partial charge in [0.25, 0.3) is 0 Å². The van der Waals surface area contributed by atoms with E-state index in [1.165, 1.54) is 6.21 Å². The summed E-state index contributed by atoms with van der Waals surface area (Å²) in [6, 6.07) is 5.52. The molecule has 1 aromatic rings. The van der Waals surface area contributed by atoms with Crippen LogP contribution in [0.2, 0.25) is 0 Å². The van der Waals surface area contributed by atoms with E-state index >= 15 is 0 Å². The van der Waals surface area contributed by atoms with E-state index in [0.717, 1.165) is 6.54 Å².